The van der Waals surface area contributed by atoms with Crippen molar-refractivity contribution in [3.8, 4) is 0 Å². The number of carbonyl (C=O) groups excluding carboxylic acids is 1. The lowest BCUT2D eigenvalue weighted by Gasteiger charge is -2.39. The fraction of sp³-hybridized carbons (Fsp3) is 0.846. The number of urea groups is 1. The van der Waals surface area contributed by atoms with E-state index in [-0.39, 0.29) is 12.1 Å². The van der Waals surface area contributed by atoms with Crippen LogP contribution in [0.25, 0.3) is 0 Å². The quantitative estimate of drug-likeness (QED) is 0.776. The highest BCUT2D eigenvalue weighted by Gasteiger charge is 2.38. The van der Waals surface area contributed by atoms with Crippen LogP contribution < -0.4 is 0 Å². The van der Waals surface area contributed by atoms with Gasteiger partial charge in [0.25, 0.3) is 0 Å². The number of hydrogen-bond donors (Lipinski definition) is 1. The summed E-state index contributed by atoms with van der Waals surface area (Å²) in [5, 5.41) is 9.13. The Balaban J connectivity index is 2.04. The van der Waals surface area contributed by atoms with Crippen molar-refractivity contribution in [1.29, 1.82) is 0 Å². The van der Waals surface area contributed by atoms with Crippen molar-refractivity contribution in [1.82, 2.24) is 9.80 Å². The number of piperidine rings is 1. The normalized spacial score (nSPS) is 32.7. The van der Waals surface area contributed by atoms with Gasteiger partial charge in [-0.3, -0.25) is 0 Å². The SMILES string of the molecule is CC1CCN(C(=O)N2CCC[C@H]2C(=O)O)C(C)C1. The van der Waals surface area contributed by atoms with Crippen molar-refractivity contribution < 1.29 is 14.7 Å². The Hall–Kier alpha value is -1.26. The first-order valence-corrected chi connectivity index (χ1v) is 6.80. The first kappa shape index (κ1) is 13.2. The van der Waals surface area contributed by atoms with Gasteiger partial charge in [0, 0.05) is 19.1 Å². The number of nitrogens with zero attached hydrogens (tertiary/aromatic N) is 2. The van der Waals surface area contributed by atoms with Crippen LogP contribution in [-0.4, -0.2) is 52.1 Å². The average molecular weight is 254 g/mol. The summed E-state index contributed by atoms with van der Waals surface area (Å²) in [7, 11) is 0. The second kappa shape index (κ2) is 5.16. The van der Waals surface area contributed by atoms with Crippen LogP contribution in [0.3, 0.4) is 0 Å². The first-order chi connectivity index (χ1) is 8.50. The van der Waals surface area contributed by atoms with E-state index in [2.05, 4.69) is 13.8 Å². The van der Waals surface area contributed by atoms with Gasteiger partial charge in [0.05, 0.1) is 0 Å². The van der Waals surface area contributed by atoms with Crippen molar-refractivity contribution in [3.05, 3.63) is 0 Å². The number of rotatable bonds is 1. The first-order valence-electron chi connectivity index (χ1n) is 6.80. The number of carboxylic acid groups (broad SMARTS) is 1. The van der Waals surface area contributed by atoms with Crippen molar-refractivity contribution in [3.63, 3.8) is 0 Å². The Morgan fingerprint density at radius 3 is 2.44 bits per heavy atom. The molecule has 18 heavy (non-hydrogen) atoms. The summed E-state index contributed by atoms with van der Waals surface area (Å²) in [6.07, 6.45) is 3.40. The van der Waals surface area contributed by atoms with E-state index in [1.54, 1.807) is 0 Å². The lowest BCUT2D eigenvalue weighted by molar-refractivity contribution is -0.141. The van der Waals surface area contributed by atoms with Gasteiger partial charge in [-0.15, -0.1) is 0 Å². The lowest BCUT2D eigenvalue weighted by Crippen LogP contribution is -2.53. The van der Waals surface area contributed by atoms with E-state index >= 15 is 0 Å². The molecule has 0 aromatic rings. The topological polar surface area (TPSA) is 60.9 Å². The highest BCUT2D eigenvalue weighted by Crippen LogP contribution is 2.26. The minimum absolute atomic E-state index is 0.0840. The van der Waals surface area contributed by atoms with Crippen LogP contribution in [0.15, 0.2) is 0 Å². The molecule has 0 aromatic heterocycles. The maximum atomic E-state index is 12.4. The predicted octanol–water partition coefficient (Wildman–Crippen LogP) is 1.78. The van der Waals surface area contributed by atoms with Crippen molar-refractivity contribution in [2.75, 3.05) is 13.1 Å². The molecule has 2 aliphatic heterocycles. The Kier molecular flexibility index (Phi) is 3.78. The molecule has 5 nitrogen and oxygen atoms in total. The van der Waals surface area contributed by atoms with Gasteiger partial charge in [0.15, 0.2) is 0 Å². The Labute approximate surface area is 108 Å². The lowest BCUT2D eigenvalue weighted by atomic mass is 9.94. The fourth-order valence-corrected chi connectivity index (χ4v) is 3.11. The van der Waals surface area contributed by atoms with Gasteiger partial charge in [0.1, 0.15) is 6.04 Å². The van der Waals surface area contributed by atoms with Gasteiger partial charge in [-0.25, -0.2) is 9.59 Å². The predicted molar refractivity (Wildman–Crippen MR) is 67.3 cm³/mol. The van der Waals surface area contributed by atoms with E-state index in [4.69, 9.17) is 5.11 Å². The standard InChI is InChI=1S/C13H22N2O3/c1-9-5-7-14(10(2)8-9)13(18)15-6-3-4-11(15)12(16)17/h9-11H,3-8H2,1-2H3,(H,16,17)/t9?,10?,11-/m0/s1. The molecule has 0 bridgehead atoms. The molecule has 2 rings (SSSR count). The van der Waals surface area contributed by atoms with Crippen LogP contribution >= 0.6 is 0 Å². The molecule has 0 spiro atoms. The van der Waals surface area contributed by atoms with Gasteiger partial charge in [-0.1, -0.05) is 6.92 Å². The van der Waals surface area contributed by atoms with Crippen LogP contribution in [0.4, 0.5) is 4.79 Å². The van der Waals surface area contributed by atoms with Crippen molar-refractivity contribution in [2.24, 2.45) is 5.92 Å². The monoisotopic (exact) mass is 254 g/mol. The zero-order valence-electron chi connectivity index (χ0n) is 11.1. The van der Waals surface area contributed by atoms with Crippen LogP contribution in [0.5, 0.6) is 0 Å². The van der Waals surface area contributed by atoms with E-state index in [1.165, 1.54) is 4.90 Å². The number of carboxylic acids is 1. The fourth-order valence-electron chi connectivity index (χ4n) is 3.11. The highest BCUT2D eigenvalue weighted by atomic mass is 16.4. The molecule has 0 saturated carbocycles. The molecule has 5 heteroatoms. The number of carbonyl (C=O) groups is 2. The molecule has 0 radical (unpaired) electrons. The summed E-state index contributed by atoms with van der Waals surface area (Å²) in [6, 6.07) is -0.486. The summed E-state index contributed by atoms with van der Waals surface area (Å²) < 4.78 is 0. The molecule has 2 heterocycles. The largest absolute Gasteiger partial charge is 0.480 e. The molecular formula is C13H22N2O3. The van der Waals surface area contributed by atoms with Crippen molar-refractivity contribution in [2.45, 2.75) is 51.6 Å². The maximum Gasteiger partial charge on any atom is 0.326 e. The molecule has 2 unspecified atom stereocenters. The average Bonchev–Trinajstić information content (AvgIpc) is 2.77. The molecule has 2 amide bonds. The van der Waals surface area contributed by atoms with Crippen LogP contribution in [-0.2, 0) is 4.79 Å². The summed E-state index contributed by atoms with van der Waals surface area (Å²) in [5.41, 5.74) is 0. The molecule has 102 valence electrons. The Bertz CT molecular complexity index is 345. The molecule has 2 saturated heterocycles. The van der Waals surface area contributed by atoms with Gasteiger partial charge in [-0.2, -0.15) is 0 Å². The van der Waals surface area contributed by atoms with Crippen LogP contribution in [0.1, 0.15) is 39.5 Å². The number of amides is 2. The van der Waals surface area contributed by atoms with Gasteiger partial charge < -0.3 is 14.9 Å². The van der Waals surface area contributed by atoms with Crippen molar-refractivity contribution >= 4 is 12.0 Å². The summed E-state index contributed by atoms with van der Waals surface area (Å²) in [5.74, 6) is -0.225. The summed E-state index contributed by atoms with van der Waals surface area (Å²) >= 11 is 0. The van der Waals surface area contributed by atoms with Gasteiger partial charge in [0.2, 0.25) is 0 Å². The molecule has 0 aromatic carbocycles. The summed E-state index contributed by atoms with van der Waals surface area (Å²) in [6.45, 7) is 5.59. The van der Waals surface area contributed by atoms with E-state index in [0.717, 1.165) is 25.8 Å². The minimum atomic E-state index is -0.876. The van der Waals surface area contributed by atoms with Gasteiger partial charge in [-0.05, 0) is 38.5 Å². The van der Waals surface area contributed by atoms with Gasteiger partial charge >= 0.3 is 12.0 Å². The van der Waals surface area contributed by atoms with E-state index in [1.807, 2.05) is 4.90 Å². The molecule has 1 N–H and O–H groups in total. The third-order valence-electron chi connectivity index (χ3n) is 4.17. The zero-order chi connectivity index (χ0) is 13.3. The zero-order valence-corrected chi connectivity index (χ0v) is 11.1. The Morgan fingerprint density at radius 2 is 1.83 bits per heavy atom. The molecule has 0 aliphatic carbocycles. The third-order valence-corrected chi connectivity index (χ3v) is 4.17. The smallest absolute Gasteiger partial charge is 0.326 e. The minimum Gasteiger partial charge on any atom is -0.480 e. The number of hydrogen-bond acceptors (Lipinski definition) is 2. The molecule has 3 atom stereocenters. The maximum absolute atomic E-state index is 12.4. The molecule has 2 fully saturated rings. The van der Waals surface area contributed by atoms with E-state index < -0.39 is 12.0 Å². The number of aliphatic carboxylic acids is 1. The van der Waals surface area contributed by atoms with E-state index in [9.17, 15) is 9.59 Å². The van der Waals surface area contributed by atoms with Crippen LogP contribution in [0.2, 0.25) is 0 Å². The number of likely N-dealkylation sites (tertiary alicyclic amines) is 2. The highest BCUT2D eigenvalue weighted by molar-refractivity contribution is 5.83. The third kappa shape index (κ3) is 2.44. The molecule has 2 aliphatic rings. The second-order valence-corrected chi connectivity index (χ2v) is 5.64. The molecular weight excluding hydrogens is 232 g/mol. The van der Waals surface area contributed by atoms with E-state index in [0.29, 0.717) is 18.9 Å². The van der Waals surface area contributed by atoms with Crippen LogP contribution in [0, 0.1) is 5.92 Å². The summed E-state index contributed by atoms with van der Waals surface area (Å²) in [4.78, 5) is 26.9. The second-order valence-electron chi connectivity index (χ2n) is 5.64. The Morgan fingerprint density at radius 1 is 1.11 bits per heavy atom.